The number of carbonyl (C=O) groups excluding carboxylic acids is 1. The van der Waals surface area contributed by atoms with E-state index in [1.165, 1.54) is 13.2 Å². The van der Waals surface area contributed by atoms with Crippen molar-refractivity contribution in [2.24, 2.45) is 0 Å². The third-order valence-electron chi connectivity index (χ3n) is 1.71. The highest BCUT2D eigenvalue weighted by molar-refractivity contribution is 5.74. The summed E-state index contributed by atoms with van der Waals surface area (Å²) in [5.41, 5.74) is 1.31. The molecule has 0 unspecified atom stereocenters. The molecule has 0 saturated heterocycles. The Bertz CT molecular complexity index is 402. The quantitative estimate of drug-likeness (QED) is 0.535. The Kier molecular flexibility index (Phi) is 3.45. The minimum Gasteiger partial charge on any atom is -0.495 e. The molecule has 1 aromatic carbocycles. The van der Waals surface area contributed by atoms with Crippen LogP contribution in [0.4, 0.5) is 0 Å². The lowest BCUT2D eigenvalue weighted by Crippen LogP contribution is -1.88. The summed E-state index contributed by atoms with van der Waals surface area (Å²) in [4.78, 5) is 10.1. The fourth-order valence-corrected chi connectivity index (χ4v) is 1.05. The summed E-state index contributed by atoms with van der Waals surface area (Å²) in [7, 11) is 1.50. The number of benzene rings is 1. The van der Waals surface area contributed by atoms with Crippen LogP contribution in [-0.2, 0) is 4.79 Å². The number of aldehydes is 1. The van der Waals surface area contributed by atoms with Gasteiger partial charge in [0, 0.05) is 0 Å². The third kappa shape index (κ3) is 2.20. The van der Waals surface area contributed by atoms with Crippen LogP contribution in [0.5, 0.6) is 5.75 Å². The molecule has 0 amide bonds. The molecule has 1 rings (SSSR count). The Morgan fingerprint density at radius 3 is 2.86 bits per heavy atom. The zero-order chi connectivity index (χ0) is 10.4. The Morgan fingerprint density at radius 2 is 2.29 bits per heavy atom. The third-order valence-corrected chi connectivity index (χ3v) is 1.71. The fourth-order valence-electron chi connectivity index (χ4n) is 1.05. The Hall–Kier alpha value is -2.08. The van der Waals surface area contributed by atoms with E-state index in [2.05, 4.69) is 0 Å². The van der Waals surface area contributed by atoms with E-state index in [1.54, 1.807) is 24.3 Å². The minimum atomic E-state index is 0.482. The van der Waals surface area contributed by atoms with Gasteiger partial charge in [0.1, 0.15) is 18.1 Å². The zero-order valence-corrected chi connectivity index (χ0v) is 7.73. The number of hydrogen-bond donors (Lipinski definition) is 0. The van der Waals surface area contributed by atoms with Gasteiger partial charge in [-0.1, -0.05) is 12.1 Å². The lowest BCUT2D eigenvalue weighted by Gasteiger charge is -2.02. The molecule has 0 aromatic heterocycles. The van der Waals surface area contributed by atoms with Crippen LogP contribution in [0.3, 0.4) is 0 Å². The van der Waals surface area contributed by atoms with Crippen LogP contribution in [-0.4, -0.2) is 13.4 Å². The van der Waals surface area contributed by atoms with Gasteiger partial charge in [0.2, 0.25) is 0 Å². The van der Waals surface area contributed by atoms with Crippen molar-refractivity contribution in [3.63, 3.8) is 0 Å². The molecule has 0 bridgehead atoms. The van der Waals surface area contributed by atoms with Gasteiger partial charge in [-0.15, -0.1) is 0 Å². The molecule has 0 spiro atoms. The number of nitrogens with zero attached hydrogens (tertiary/aromatic N) is 1. The molecule has 0 atom stereocenters. The maximum Gasteiger partial charge on any atom is 0.142 e. The highest BCUT2D eigenvalue weighted by atomic mass is 16.5. The van der Waals surface area contributed by atoms with E-state index in [9.17, 15) is 4.79 Å². The Balaban J connectivity index is 3.08. The molecule has 70 valence electrons. The maximum atomic E-state index is 10.1. The number of hydrogen-bond acceptors (Lipinski definition) is 3. The standard InChI is InChI=1S/C11H9NO2/c1-14-11-7-9(3-2-6-13)4-5-10(11)8-12/h2-7H,1H3. The molecule has 0 saturated carbocycles. The largest absolute Gasteiger partial charge is 0.495 e. The summed E-state index contributed by atoms with van der Waals surface area (Å²) in [5, 5.41) is 8.71. The summed E-state index contributed by atoms with van der Waals surface area (Å²) < 4.78 is 5.01. The first-order valence-electron chi connectivity index (χ1n) is 4.02. The molecule has 0 fully saturated rings. The topological polar surface area (TPSA) is 50.1 Å². The van der Waals surface area contributed by atoms with E-state index >= 15 is 0 Å². The van der Waals surface area contributed by atoms with Crippen molar-refractivity contribution >= 4 is 12.4 Å². The van der Waals surface area contributed by atoms with Crippen molar-refractivity contribution in [1.29, 1.82) is 5.26 Å². The molecular weight excluding hydrogens is 178 g/mol. The van der Waals surface area contributed by atoms with E-state index in [0.717, 1.165) is 5.56 Å². The van der Waals surface area contributed by atoms with E-state index in [4.69, 9.17) is 10.00 Å². The van der Waals surface area contributed by atoms with Crippen LogP contribution >= 0.6 is 0 Å². The predicted molar refractivity (Wildman–Crippen MR) is 52.8 cm³/mol. The van der Waals surface area contributed by atoms with Gasteiger partial charge in [-0.3, -0.25) is 4.79 Å². The van der Waals surface area contributed by atoms with Gasteiger partial charge in [0.05, 0.1) is 12.7 Å². The van der Waals surface area contributed by atoms with Gasteiger partial charge < -0.3 is 4.74 Å². The van der Waals surface area contributed by atoms with Crippen LogP contribution in [0.15, 0.2) is 24.3 Å². The number of methoxy groups -OCH3 is 1. The first-order chi connectivity index (χ1) is 6.81. The van der Waals surface area contributed by atoms with Crippen LogP contribution in [0.25, 0.3) is 6.08 Å². The Labute approximate surface area is 82.2 Å². The second-order valence-electron chi connectivity index (χ2n) is 2.57. The molecule has 0 radical (unpaired) electrons. The SMILES string of the molecule is COc1cc(C=CC=O)ccc1C#N. The first kappa shape index (κ1) is 10.0. The second-order valence-corrected chi connectivity index (χ2v) is 2.57. The molecular formula is C11H9NO2. The van der Waals surface area contributed by atoms with Crippen molar-refractivity contribution in [3.8, 4) is 11.8 Å². The number of nitriles is 1. The second kappa shape index (κ2) is 4.83. The molecule has 0 heterocycles. The van der Waals surface area contributed by atoms with Gasteiger partial charge >= 0.3 is 0 Å². The summed E-state index contributed by atoms with van der Waals surface area (Å²) in [5.74, 6) is 0.514. The van der Waals surface area contributed by atoms with Gasteiger partial charge in [-0.25, -0.2) is 0 Å². The predicted octanol–water partition coefficient (Wildman–Crippen LogP) is 1.78. The summed E-state index contributed by atoms with van der Waals surface area (Å²) in [6.07, 6.45) is 3.74. The number of rotatable bonds is 3. The molecule has 0 N–H and O–H groups in total. The lowest BCUT2D eigenvalue weighted by atomic mass is 10.1. The first-order valence-corrected chi connectivity index (χ1v) is 4.02. The van der Waals surface area contributed by atoms with Crippen molar-refractivity contribution < 1.29 is 9.53 Å². The molecule has 1 aromatic rings. The molecule has 0 aliphatic rings. The van der Waals surface area contributed by atoms with Crippen LogP contribution in [0, 0.1) is 11.3 Å². The van der Waals surface area contributed by atoms with E-state index in [-0.39, 0.29) is 0 Å². The number of allylic oxidation sites excluding steroid dienone is 1. The average molecular weight is 187 g/mol. The van der Waals surface area contributed by atoms with Crippen molar-refractivity contribution in [3.05, 3.63) is 35.4 Å². The summed E-state index contributed by atoms with van der Waals surface area (Å²) in [6, 6.07) is 7.13. The smallest absolute Gasteiger partial charge is 0.142 e. The molecule has 3 nitrogen and oxygen atoms in total. The van der Waals surface area contributed by atoms with Gasteiger partial charge in [-0.2, -0.15) is 5.26 Å². The van der Waals surface area contributed by atoms with E-state index in [0.29, 0.717) is 17.6 Å². The monoisotopic (exact) mass is 187 g/mol. The maximum absolute atomic E-state index is 10.1. The highest BCUT2D eigenvalue weighted by Crippen LogP contribution is 2.19. The summed E-state index contributed by atoms with van der Waals surface area (Å²) in [6.45, 7) is 0. The Morgan fingerprint density at radius 1 is 1.50 bits per heavy atom. The van der Waals surface area contributed by atoms with E-state index < -0.39 is 0 Å². The fraction of sp³-hybridized carbons (Fsp3) is 0.0909. The molecule has 3 heteroatoms. The summed E-state index contributed by atoms with van der Waals surface area (Å²) >= 11 is 0. The number of carbonyl (C=O) groups is 1. The van der Waals surface area contributed by atoms with Crippen LogP contribution in [0.1, 0.15) is 11.1 Å². The van der Waals surface area contributed by atoms with Crippen LogP contribution < -0.4 is 4.74 Å². The van der Waals surface area contributed by atoms with Crippen molar-refractivity contribution in [2.45, 2.75) is 0 Å². The van der Waals surface area contributed by atoms with Gasteiger partial charge in [0.15, 0.2) is 0 Å². The van der Waals surface area contributed by atoms with E-state index in [1.807, 2.05) is 6.07 Å². The lowest BCUT2D eigenvalue weighted by molar-refractivity contribution is -0.104. The zero-order valence-electron chi connectivity index (χ0n) is 7.73. The minimum absolute atomic E-state index is 0.482. The molecule has 14 heavy (non-hydrogen) atoms. The van der Waals surface area contributed by atoms with Gasteiger partial charge in [0.25, 0.3) is 0 Å². The van der Waals surface area contributed by atoms with Gasteiger partial charge in [-0.05, 0) is 23.8 Å². The highest BCUT2D eigenvalue weighted by Gasteiger charge is 2.01. The van der Waals surface area contributed by atoms with Crippen LogP contribution in [0.2, 0.25) is 0 Å². The number of ether oxygens (including phenoxy) is 1. The molecule has 0 aliphatic heterocycles. The van der Waals surface area contributed by atoms with Crippen molar-refractivity contribution in [2.75, 3.05) is 7.11 Å². The average Bonchev–Trinajstić information content (AvgIpc) is 2.25. The molecule has 0 aliphatic carbocycles. The normalized spacial score (nSPS) is 9.71. The van der Waals surface area contributed by atoms with Crippen molar-refractivity contribution in [1.82, 2.24) is 0 Å².